The van der Waals surface area contributed by atoms with Gasteiger partial charge in [-0.2, -0.15) is 0 Å². The van der Waals surface area contributed by atoms with Crippen LogP contribution in [-0.2, 0) is 23.1 Å². The predicted molar refractivity (Wildman–Crippen MR) is 91.5 cm³/mol. The lowest BCUT2D eigenvalue weighted by molar-refractivity contribution is -0.125. The van der Waals surface area contributed by atoms with Crippen LogP contribution < -0.4 is 5.32 Å². The standard InChI is InChI=1S/C17H29N5O2/c1-18-17(23)14-11-21(13-16-19-5-6-20(16)2)7-8-22(12-14)15-3-9-24-10-4-15/h5-6,14-15H,3-4,7-13H2,1-2H3,(H,18,23)/t14-/m1/s1. The van der Waals surface area contributed by atoms with Gasteiger partial charge in [0.25, 0.3) is 0 Å². The number of nitrogens with one attached hydrogen (secondary N) is 1. The van der Waals surface area contributed by atoms with Crippen molar-refractivity contribution in [3.63, 3.8) is 0 Å². The van der Waals surface area contributed by atoms with Gasteiger partial charge in [0.05, 0.1) is 12.5 Å². The number of aryl methyl sites for hydroxylation is 1. The van der Waals surface area contributed by atoms with Crippen molar-refractivity contribution in [1.29, 1.82) is 0 Å². The third-order valence-corrected chi connectivity index (χ3v) is 5.25. The number of ether oxygens (including phenoxy) is 1. The number of carbonyl (C=O) groups excluding carboxylic acids is 1. The maximum atomic E-state index is 12.4. The Hall–Kier alpha value is -1.44. The number of amides is 1. The number of rotatable bonds is 4. The third-order valence-electron chi connectivity index (χ3n) is 5.25. The van der Waals surface area contributed by atoms with Gasteiger partial charge in [-0.25, -0.2) is 4.98 Å². The van der Waals surface area contributed by atoms with E-state index in [1.165, 1.54) is 0 Å². The highest BCUT2D eigenvalue weighted by Crippen LogP contribution is 2.20. The Morgan fingerprint density at radius 1 is 1.33 bits per heavy atom. The van der Waals surface area contributed by atoms with Gasteiger partial charge in [-0.05, 0) is 12.8 Å². The van der Waals surface area contributed by atoms with Crippen molar-refractivity contribution < 1.29 is 9.53 Å². The molecule has 1 aromatic heterocycles. The van der Waals surface area contributed by atoms with E-state index in [-0.39, 0.29) is 11.8 Å². The van der Waals surface area contributed by atoms with Gasteiger partial charge >= 0.3 is 0 Å². The summed E-state index contributed by atoms with van der Waals surface area (Å²) < 4.78 is 7.55. The molecule has 1 atom stereocenters. The third kappa shape index (κ3) is 4.15. The normalized spacial score (nSPS) is 24.7. The molecule has 2 saturated heterocycles. The molecule has 0 aliphatic carbocycles. The first-order valence-electron chi connectivity index (χ1n) is 8.89. The lowest BCUT2D eigenvalue weighted by Gasteiger charge is -2.34. The van der Waals surface area contributed by atoms with Crippen molar-refractivity contribution >= 4 is 5.91 Å². The largest absolute Gasteiger partial charge is 0.381 e. The summed E-state index contributed by atoms with van der Waals surface area (Å²) in [6.45, 7) is 6.05. The van der Waals surface area contributed by atoms with Gasteiger partial charge in [0, 0.05) is 71.9 Å². The highest BCUT2D eigenvalue weighted by atomic mass is 16.5. The van der Waals surface area contributed by atoms with E-state index in [1.807, 2.05) is 19.4 Å². The quantitative estimate of drug-likeness (QED) is 0.844. The van der Waals surface area contributed by atoms with Gasteiger partial charge in [-0.1, -0.05) is 0 Å². The highest BCUT2D eigenvalue weighted by Gasteiger charge is 2.31. The zero-order valence-corrected chi connectivity index (χ0v) is 14.8. The zero-order valence-electron chi connectivity index (χ0n) is 14.8. The summed E-state index contributed by atoms with van der Waals surface area (Å²) >= 11 is 0. The summed E-state index contributed by atoms with van der Waals surface area (Å²) in [4.78, 5) is 21.6. The fraction of sp³-hybridized carbons (Fsp3) is 0.765. The average molecular weight is 335 g/mol. The number of hydrogen-bond donors (Lipinski definition) is 1. The first kappa shape index (κ1) is 17.4. The van der Waals surface area contributed by atoms with Gasteiger partial charge < -0.3 is 14.6 Å². The molecule has 0 radical (unpaired) electrons. The first-order valence-corrected chi connectivity index (χ1v) is 8.89. The Balaban J connectivity index is 1.69. The van der Waals surface area contributed by atoms with Crippen LogP contribution in [0.5, 0.6) is 0 Å². The van der Waals surface area contributed by atoms with Crippen molar-refractivity contribution in [2.45, 2.75) is 25.4 Å². The second kappa shape index (κ2) is 8.09. The van der Waals surface area contributed by atoms with Crippen molar-refractivity contribution in [2.75, 3.05) is 46.4 Å². The van der Waals surface area contributed by atoms with Crippen LogP contribution in [0.4, 0.5) is 0 Å². The van der Waals surface area contributed by atoms with Crippen molar-refractivity contribution in [3.8, 4) is 0 Å². The predicted octanol–water partition coefficient (Wildman–Crippen LogP) is 0.0789. The first-order chi connectivity index (χ1) is 11.7. The fourth-order valence-corrected chi connectivity index (χ4v) is 3.75. The highest BCUT2D eigenvalue weighted by molar-refractivity contribution is 5.78. The van der Waals surface area contributed by atoms with Crippen LogP contribution in [0, 0.1) is 5.92 Å². The number of hydrogen-bond acceptors (Lipinski definition) is 5. The Kier molecular flexibility index (Phi) is 5.86. The smallest absolute Gasteiger partial charge is 0.225 e. The van der Waals surface area contributed by atoms with E-state index in [0.717, 1.165) is 64.6 Å². The molecule has 0 spiro atoms. The summed E-state index contributed by atoms with van der Waals surface area (Å²) in [6, 6.07) is 0.541. The number of aromatic nitrogens is 2. The number of carbonyl (C=O) groups is 1. The van der Waals surface area contributed by atoms with E-state index >= 15 is 0 Å². The van der Waals surface area contributed by atoms with Gasteiger partial charge in [-0.15, -0.1) is 0 Å². The Bertz CT molecular complexity index is 541. The molecule has 1 N–H and O–H groups in total. The molecule has 134 valence electrons. The molecule has 24 heavy (non-hydrogen) atoms. The van der Waals surface area contributed by atoms with Crippen LogP contribution in [0.15, 0.2) is 12.4 Å². The summed E-state index contributed by atoms with van der Waals surface area (Å²) in [7, 11) is 3.75. The molecule has 2 fully saturated rings. The van der Waals surface area contributed by atoms with Crippen LogP contribution in [0.3, 0.4) is 0 Å². The molecule has 2 aliphatic rings. The van der Waals surface area contributed by atoms with Crippen LogP contribution in [0.1, 0.15) is 18.7 Å². The maximum Gasteiger partial charge on any atom is 0.225 e. The lowest BCUT2D eigenvalue weighted by Crippen LogP contribution is -2.45. The minimum atomic E-state index is 0.000568. The molecule has 0 bridgehead atoms. The molecule has 2 aliphatic heterocycles. The molecule has 0 aromatic carbocycles. The Labute approximate surface area is 144 Å². The number of nitrogens with zero attached hydrogens (tertiary/aromatic N) is 4. The average Bonchev–Trinajstić information content (AvgIpc) is 2.89. The molecule has 0 saturated carbocycles. The maximum absolute atomic E-state index is 12.4. The van der Waals surface area contributed by atoms with Crippen molar-refractivity contribution in [3.05, 3.63) is 18.2 Å². The monoisotopic (exact) mass is 335 g/mol. The second-order valence-electron chi connectivity index (χ2n) is 6.84. The second-order valence-corrected chi connectivity index (χ2v) is 6.84. The van der Waals surface area contributed by atoms with Crippen LogP contribution in [0.25, 0.3) is 0 Å². The molecule has 7 nitrogen and oxygen atoms in total. The lowest BCUT2D eigenvalue weighted by atomic mass is 10.0. The van der Waals surface area contributed by atoms with E-state index in [9.17, 15) is 4.79 Å². The Morgan fingerprint density at radius 2 is 2.12 bits per heavy atom. The number of imidazole rings is 1. The minimum Gasteiger partial charge on any atom is -0.381 e. The van der Waals surface area contributed by atoms with E-state index in [2.05, 4.69) is 24.7 Å². The molecule has 3 rings (SSSR count). The molecule has 3 heterocycles. The molecular weight excluding hydrogens is 306 g/mol. The van der Waals surface area contributed by atoms with E-state index < -0.39 is 0 Å². The fourth-order valence-electron chi connectivity index (χ4n) is 3.75. The summed E-state index contributed by atoms with van der Waals surface area (Å²) in [5.41, 5.74) is 0. The Morgan fingerprint density at radius 3 is 2.79 bits per heavy atom. The van der Waals surface area contributed by atoms with Gasteiger partial charge in [0.2, 0.25) is 5.91 Å². The molecule has 0 unspecified atom stereocenters. The molecule has 1 aromatic rings. The van der Waals surface area contributed by atoms with E-state index in [0.29, 0.717) is 6.04 Å². The van der Waals surface area contributed by atoms with Crippen molar-refractivity contribution in [2.24, 2.45) is 13.0 Å². The van der Waals surface area contributed by atoms with Crippen LogP contribution in [0.2, 0.25) is 0 Å². The molecule has 1 amide bonds. The van der Waals surface area contributed by atoms with Gasteiger partial charge in [0.15, 0.2) is 0 Å². The van der Waals surface area contributed by atoms with E-state index in [1.54, 1.807) is 7.05 Å². The topological polar surface area (TPSA) is 62.6 Å². The summed E-state index contributed by atoms with van der Waals surface area (Å²) in [5.74, 6) is 1.18. The molecular formula is C17H29N5O2. The molecule has 7 heteroatoms. The van der Waals surface area contributed by atoms with Gasteiger partial charge in [0.1, 0.15) is 5.82 Å². The SMILES string of the molecule is CNC(=O)[C@@H]1CN(Cc2nccn2C)CCN(C2CCOCC2)C1. The van der Waals surface area contributed by atoms with Crippen LogP contribution in [-0.4, -0.2) is 77.7 Å². The van der Waals surface area contributed by atoms with Crippen LogP contribution >= 0.6 is 0 Å². The zero-order chi connectivity index (χ0) is 16.9. The summed E-state index contributed by atoms with van der Waals surface area (Å²) in [6.07, 6.45) is 5.94. The van der Waals surface area contributed by atoms with E-state index in [4.69, 9.17) is 4.74 Å². The van der Waals surface area contributed by atoms with Crippen molar-refractivity contribution in [1.82, 2.24) is 24.7 Å². The minimum absolute atomic E-state index is 0.000568. The summed E-state index contributed by atoms with van der Waals surface area (Å²) in [5, 5.41) is 2.84. The van der Waals surface area contributed by atoms with Gasteiger partial charge in [-0.3, -0.25) is 14.6 Å².